The number of methoxy groups -OCH3 is 1. The molecule has 6 heteroatoms. The van der Waals surface area contributed by atoms with E-state index in [0.717, 1.165) is 0 Å². The predicted molar refractivity (Wildman–Crippen MR) is 54.1 cm³/mol. The van der Waals surface area contributed by atoms with Gasteiger partial charge in [0.25, 0.3) is 5.91 Å². The number of rotatable bonds is 6. The van der Waals surface area contributed by atoms with Gasteiger partial charge in [0.2, 0.25) is 0 Å². The van der Waals surface area contributed by atoms with Crippen molar-refractivity contribution in [3.63, 3.8) is 0 Å². The molecule has 16 heavy (non-hydrogen) atoms. The highest BCUT2D eigenvalue weighted by molar-refractivity contribution is 5.91. The van der Waals surface area contributed by atoms with E-state index in [-0.39, 0.29) is 18.7 Å². The number of hydrogen-bond donors (Lipinski definition) is 2. The van der Waals surface area contributed by atoms with E-state index in [9.17, 15) is 9.59 Å². The summed E-state index contributed by atoms with van der Waals surface area (Å²) in [5, 5.41) is 11.1. The van der Waals surface area contributed by atoms with Crippen molar-refractivity contribution in [1.29, 1.82) is 0 Å². The van der Waals surface area contributed by atoms with Crippen LogP contribution in [-0.4, -0.2) is 36.7 Å². The van der Waals surface area contributed by atoms with Crippen molar-refractivity contribution in [3.8, 4) is 0 Å². The van der Waals surface area contributed by atoms with Crippen molar-refractivity contribution in [2.24, 2.45) is 0 Å². The van der Waals surface area contributed by atoms with Gasteiger partial charge in [-0.2, -0.15) is 0 Å². The Kier molecular flexibility index (Phi) is 4.53. The van der Waals surface area contributed by atoms with Gasteiger partial charge in [-0.3, -0.25) is 9.59 Å². The van der Waals surface area contributed by atoms with E-state index in [1.807, 2.05) is 0 Å². The van der Waals surface area contributed by atoms with Crippen molar-refractivity contribution in [2.45, 2.75) is 12.5 Å². The Morgan fingerprint density at radius 3 is 2.88 bits per heavy atom. The van der Waals surface area contributed by atoms with Crippen LogP contribution in [0.1, 0.15) is 17.0 Å². The molecule has 0 saturated carbocycles. The number of hydrogen-bond acceptors (Lipinski definition) is 4. The number of carboxylic acid groups (broad SMARTS) is 1. The van der Waals surface area contributed by atoms with E-state index in [1.54, 1.807) is 6.07 Å². The lowest BCUT2D eigenvalue weighted by molar-refractivity contribution is -0.139. The second kappa shape index (κ2) is 5.92. The Morgan fingerprint density at radius 2 is 2.38 bits per heavy atom. The lowest BCUT2D eigenvalue weighted by atomic mass is 10.2. The topological polar surface area (TPSA) is 88.8 Å². The molecule has 0 saturated heterocycles. The molecule has 1 atom stereocenters. The quantitative estimate of drug-likeness (QED) is 0.738. The summed E-state index contributed by atoms with van der Waals surface area (Å²) in [5.41, 5.74) is 0. The third kappa shape index (κ3) is 3.74. The van der Waals surface area contributed by atoms with E-state index < -0.39 is 18.0 Å². The summed E-state index contributed by atoms with van der Waals surface area (Å²) in [6.07, 6.45) is 0.686. The van der Waals surface area contributed by atoms with Gasteiger partial charge in [-0.05, 0) is 12.1 Å². The minimum atomic E-state index is -0.973. The van der Waals surface area contributed by atoms with Gasteiger partial charge in [0, 0.05) is 13.7 Å². The first-order chi connectivity index (χ1) is 7.63. The second-order valence-electron chi connectivity index (χ2n) is 3.14. The van der Waals surface area contributed by atoms with Crippen LogP contribution in [0.5, 0.6) is 0 Å². The van der Waals surface area contributed by atoms with Gasteiger partial charge in [0.1, 0.15) is 0 Å². The van der Waals surface area contributed by atoms with Gasteiger partial charge in [-0.15, -0.1) is 0 Å². The van der Waals surface area contributed by atoms with Crippen molar-refractivity contribution in [1.82, 2.24) is 5.32 Å². The molecular weight excluding hydrogens is 214 g/mol. The number of carbonyl (C=O) groups is 2. The van der Waals surface area contributed by atoms with E-state index in [0.29, 0.717) is 0 Å². The van der Waals surface area contributed by atoms with Crippen molar-refractivity contribution < 1.29 is 23.8 Å². The zero-order chi connectivity index (χ0) is 12.0. The molecule has 0 radical (unpaired) electrons. The van der Waals surface area contributed by atoms with Crippen LogP contribution in [-0.2, 0) is 9.53 Å². The molecule has 0 fully saturated rings. The highest BCUT2D eigenvalue weighted by atomic mass is 16.5. The van der Waals surface area contributed by atoms with Crippen LogP contribution in [0, 0.1) is 0 Å². The van der Waals surface area contributed by atoms with Crippen LogP contribution >= 0.6 is 0 Å². The van der Waals surface area contributed by atoms with Crippen LogP contribution in [0.4, 0.5) is 0 Å². The van der Waals surface area contributed by atoms with Gasteiger partial charge >= 0.3 is 5.97 Å². The average Bonchev–Trinajstić information content (AvgIpc) is 2.76. The summed E-state index contributed by atoms with van der Waals surface area (Å²) in [6.45, 7) is 0.127. The molecule has 1 aromatic heterocycles. The summed E-state index contributed by atoms with van der Waals surface area (Å²) in [7, 11) is 1.40. The summed E-state index contributed by atoms with van der Waals surface area (Å²) >= 11 is 0. The van der Waals surface area contributed by atoms with Gasteiger partial charge in [0.15, 0.2) is 5.76 Å². The standard InChI is InChI=1S/C10H13NO5/c1-15-7(5-9(12)13)6-11-10(14)8-3-2-4-16-8/h2-4,7H,5-6H2,1H3,(H,11,14)(H,12,13). The van der Waals surface area contributed by atoms with Crippen LogP contribution in [0.25, 0.3) is 0 Å². The van der Waals surface area contributed by atoms with Crippen LogP contribution in [0.2, 0.25) is 0 Å². The normalized spacial score (nSPS) is 12.1. The highest BCUT2D eigenvalue weighted by Gasteiger charge is 2.15. The van der Waals surface area contributed by atoms with Crippen molar-refractivity contribution in [3.05, 3.63) is 24.2 Å². The first-order valence-corrected chi connectivity index (χ1v) is 4.69. The summed E-state index contributed by atoms with van der Waals surface area (Å²) in [6, 6.07) is 3.12. The summed E-state index contributed by atoms with van der Waals surface area (Å²) in [5.74, 6) is -1.18. The maximum absolute atomic E-state index is 11.4. The van der Waals surface area contributed by atoms with Gasteiger partial charge in [0.05, 0.1) is 18.8 Å². The monoisotopic (exact) mass is 227 g/mol. The minimum absolute atomic E-state index is 0.127. The SMILES string of the molecule is COC(CNC(=O)c1ccco1)CC(=O)O. The van der Waals surface area contributed by atoms with Crippen LogP contribution < -0.4 is 5.32 Å². The predicted octanol–water partition coefficient (Wildman–Crippen LogP) is 0.499. The van der Waals surface area contributed by atoms with Crippen LogP contribution in [0.15, 0.2) is 22.8 Å². The molecule has 1 aromatic rings. The summed E-state index contributed by atoms with van der Waals surface area (Å²) in [4.78, 5) is 21.8. The van der Waals surface area contributed by atoms with Gasteiger partial charge < -0.3 is 19.6 Å². The Hall–Kier alpha value is -1.82. The number of aliphatic carboxylic acids is 1. The number of amides is 1. The molecule has 0 spiro atoms. The largest absolute Gasteiger partial charge is 0.481 e. The molecule has 0 aliphatic rings. The van der Waals surface area contributed by atoms with E-state index in [4.69, 9.17) is 14.3 Å². The third-order valence-corrected chi connectivity index (χ3v) is 1.97. The minimum Gasteiger partial charge on any atom is -0.481 e. The Labute approximate surface area is 92.2 Å². The Balaban J connectivity index is 2.38. The smallest absolute Gasteiger partial charge is 0.306 e. The lowest BCUT2D eigenvalue weighted by Crippen LogP contribution is -2.34. The van der Waals surface area contributed by atoms with E-state index in [1.165, 1.54) is 19.4 Å². The molecule has 1 heterocycles. The molecule has 1 amide bonds. The van der Waals surface area contributed by atoms with Crippen LogP contribution in [0.3, 0.4) is 0 Å². The zero-order valence-corrected chi connectivity index (χ0v) is 8.80. The molecule has 2 N–H and O–H groups in total. The highest BCUT2D eigenvalue weighted by Crippen LogP contribution is 2.00. The Bertz CT molecular complexity index is 346. The van der Waals surface area contributed by atoms with Crippen molar-refractivity contribution in [2.75, 3.05) is 13.7 Å². The maximum atomic E-state index is 11.4. The number of nitrogens with one attached hydrogen (secondary N) is 1. The van der Waals surface area contributed by atoms with Gasteiger partial charge in [-0.25, -0.2) is 0 Å². The number of carboxylic acids is 1. The maximum Gasteiger partial charge on any atom is 0.306 e. The molecule has 6 nitrogen and oxygen atoms in total. The second-order valence-corrected chi connectivity index (χ2v) is 3.14. The zero-order valence-electron chi connectivity index (χ0n) is 8.80. The lowest BCUT2D eigenvalue weighted by Gasteiger charge is -2.13. The Morgan fingerprint density at radius 1 is 1.62 bits per heavy atom. The fourth-order valence-corrected chi connectivity index (χ4v) is 1.14. The van der Waals surface area contributed by atoms with E-state index >= 15 is 0 Å². The number of carbonyl (C=O) groups excluding carboxylic acids is 1. The fourth-order valence-electron chi connectivity index (χ4n) is 1.14. The van der Waals surface area contributed by atoms with Crippen molar-refractivity contribution >= 4 is 11.9 Å². The molecule has 0 bridgehead atoms. The molecule has 1 unspecified atom stereocenters. The first-order valence-electron chi connectivity index (χ1n) is 4.69. The average molecular weight is 227 g/mol. The molecule has 88 valence electrons. The molecule has 0 aliphatic carbocycles. The number of furan rings is 1. The van der Waals surface area contributed by atoms with E-state index in [2.05, 4.69) is 5.32 Å². The molecular formula is C10H13NO5. The third-order valence-electron chi connectivity index (χ3n) is 1.97. The molecule has 0 aliphatic heterocycles. The number of ether oxygens (including phenoxy) is 1. The first kappa shape index (κ1) is 12.3. The molecule has 1 rings (SSSR count). The summed E-state index contributed by atoms with van der Waals surface area (Å²) < 4.78 is 9.78. The fraction of sp³-hybridized carbons (Fsp3) is 0.400. The van der Waals surface area contributed by atoms with Gasteiger partial charge in [-0.1, -0.05) is 0 Å². The molecule has 0 aromatic carbocycles.